The zero-order chi connectivity index (χ0) is 63.4. The molecule has 0 bridgehead atoms. The lowest BCUT2D eigenvalue weighted by molar-refractivity contribution is 0.102. The third-order valence-electron chi connectivity index (χ3n) is 15.7. The van der Waals surface area contributed by atoms with E-state index < -0.39 is 6.10 Å². The largest absolute Gasteiger partial charge is 0.384 e. The number of halogens is 1. The molecule has 0 fully saturated rings. The Hall–Kier alpha value is -8.40. The third-order valence-corrected chi connectivity index (χ3v) is 22.0. The molecule has 15 rings (SSSR count). The van der Waals surface area contributed by atoms with Gasteiger partial charge >= 0.3 is 0 Å². The molecule has 0 amide bonds. The van der Waals surface area contributed by atoms with E-state index in [4.69, 9.17) is 24.0 Å². The van der Waals surface area contributed by atoms with Gasteiger partial charge in [-0.25, -0.2) is 0 Å². The maximum absolute atomic E-state index is 12.6. The number of hydrogen-bond acceptors (Lipinski definition) is 10. The number of terminal acetylenes is 3. The minimum Gasteiger partial charge on any atom is -0.384 e. The van der Waals surface area contributed by atoms with Gasteiger partial charge in [0, 0.05) is 132 Å². The van der Waals surface area contributed by atoms with Gasteiger partial charge in [0.25, 0.3) is 0 Å². The summed E-state index contributed by atoms with van der Waals surface area (Å²) in [6.45, 7) is 1.88. The SMILES string of the molecule is C#Cc1cccc2c1C(=O)c1ccccc1SC2.C#Cc1cccc2c1C(=O)c1ccccc1SC2.C#Cc1cccc2c1C(O)c1ccccc1SC2.CC#Cc1cccc2c1C(OC)c1ccccc1SC2.O=C1c2ccccc2SCc2cccc(Br)c21. The zero-order valence-electron chi connectivity index (χ0n) is 49.6. The first-order valence-electron chi connectivity index (χ1n) is 29.1. The molecule has 0 aliphatic carbocycles. The summed E-state index contributed by atoms with van der Waals surface area (Å²) in [5.41, 5.74) is 17.6. The molecule has 2 atom stereocenters. The van der Waals surface area contributed by atoms with E-state index in [0.717, 1.165) is 120 Å². The molecule has 5 heterocycles. The van der Waals surface area contributed by atoms with Gasteiger partial charge in [-0.2, -0.15) is 0 Å². The maximum Gasteiger partial charge on any atom is 0.195 e. The number of rotatable bonds is 1. The fourth-order valence-electron chi connectivity index (χ4n) is 11.4. The number of aliphatic hydroxyl groups is 1. The van der Waals surface area contributed by atoms with Crippen molar-refractivity contribution in [1.82, 2.24) is 0 Å². The van der Waals surface area contributed by atoms with E-state index in [1.807, 2.05) is 189 Å². The molecule has 2 unspecified atom stereocenters. The van der Waals surface area contributed by atoms with Gasteiger partial charge in [0.2, 0.25) is 0 Å². The minimum atomic E-state index is -0.626. The van der Waals surface area contributed by atoms with Gasteiger partial charge in [-0.15, -0.1) is 84.0 Å². The summed E-state index contributed by atoms with van der Waals surface area (Å²) in [7, 11) is 1.78. The van der Waals surface area contributed by atoms with Gasteiger partial charge in [-0.05, 0) is 125 Å². The summed E-state index contributed by atoms with van der Waals surface area (Å²) in [5, 5.41) is 10.6. The van der Waals surface area contributed by atoms with E-state index in [-0.39, 0.29) is 23.5 Å². The Morgan fingerprint density at radius 2 is 0.758 bits per heavy atom. The van der Waals surface area contributed by atoms with E-state index in [2.05, 4.69) is 88.0 Å². The molecule has 11 heteroatoms. The Balaban J connectivity index is 0.000000117. The Kier molecular flexibility index (Phi) is 21.3. The van der Waals surface area contributed by atoms with Gasteiger partial charge < -0.3 is 9.84 Å². The lowest BCUT2D eigenvalue weighted by Crippen LogP contribution is -2.08. The van der Waals surface area contributed by atoms with Crippen LogP contribution in [-0.2, 0) is 33.5 Å². The van der Waals surface area contributed by atoms with Crippen molar-refractivity contribution in [2.45, 2.75) is 72.4 Å². The van der Waals surface area contributed by atoms with Crippen LogP contribution in [0.15, 0.2) is 241 Å². The number of ketones is 3. The highest BCUT2D eigenvalue weighted by molar-refractivity contribution is 9.10. The standard InChI is InChI=1S/C18H16OS.C16H12OS.2C16H10OS.C14H9BrOS/c1-3-7-13-8-6-9-14-12-20-16-11-5-4-10-15(16)18(19-2)17(13)14;3*1-2-11-6-5-7-12-10-18-14-9-4-3-8-13(14)16(17)15(11)12;15-11-6-3-4-9-8-17-12-7-2-1-5-10(12)14(16)13(9)11/h4-6,8-11,18H,12H2,1-2H3;1,3-9,16-17H,10H2;2*1,3-9H,10H2;1-7H,8H2. The predicted molar refractivity (Wildman–Crippen MR) is 379 cm³/mol. The van der Waals surface area contributed by atoms with Gasteiger partial charge in [-0.1, -0.05) is 173 Å². The Labute approximate surface area is 562 Å². The first kappa shape index (κ1) is 64.1. The van der Waals surface area contributed by atoms with Crippen molar-refractivity contribution in [1.29, 1.82) is 0 Å². The van der Waals surface area contributed by atoms with Crippen molar-refractivity contribution in [3.05, 3.63) is 323 Å². The summed E-state index contributed by atoms with van der Waals surface area (Å²) >= 11 is 12.2. The molecular formula is C80H57BrO5S5. The number of aliphatic hydroxyl groups excluding tert-OH is 1. The lowest BCUT2D eigenvalue weighted by atomic mass is 9.93. The van der Waals surface area contributed by atoms with Crippen LogP contribution < -0.4 is 0 Å². The summed E-state index contributed by atoms with van der Waals surface area (Å²) in [6, 6.07) is 69.3. The number of benzene rings is 10. The van der Waals surface area contributed by atoms with Crippen LogP contribution in [0.5, 0.6) is 0 Å². The highest BCUT2D eigenvalue weighted by atomic mass is 79.9. The van der Waals surface area contributed by atoms with Crippen LogP contribution in [0.1, 0.15) is 139 Å². The van der Waals surface area contributed by atoms with E-state index in [0.29, 0.717) is 22.3 Å². The molecule has 5 nitrogen and oxygen atoms in total. The molecule has 444 valence electrons. The lowest BCUT2D eigenvalue weighted by Gasteiger charge is -2.19. The molecule has 0 aromatic heterocycles. The first-order chi connectivity index (χ1) is 44.5. The molecular weight excluding hydrogens is 1280 g/mol. The van der Waals surface area contributed by atoms with Crippen molar-refractivity contribution < 1.29 is 24.2 Å². The fourth-order valence-corrected chi connectivity index (χ4v) is 17.3. The van der Waals surface area contributed by atoms with Crippen LogP contribution in [0.4, 0.5) is 0 Å². The van der Waals surface area contributed by atoms with E-state index in [1.165, 1.54) is 21.6 Å². The summed E-state index contributed by atoms with van der Waals surface area (Å²) in [4.78, 5) is 43.3. The number of thioether (sulfide) groups is 5. The topological polar surface area (TPSA) is 80.7 Å². The van der Waals surface area contributed by atoms with Crippen LogP contribution in [0.25, 0.3) is 0 Å². The van der Waals surface area contributed by atoms with Crippen LogP contribution in [0, 0.1) is 48.9 Å². The summed E-state index contributed by atoms with van der Waals surface area (Å²) in [6.07, 6.45) is 15.9. The molecule has 5 aliphatic heterocycles. The Morgan fingerprint density at radius 3 is 1.23 bits per heavy atom. The van der Waals surface area contributed by atoms with Gasteiger partial charge in [0.05, 0.1) is 0 Å². The number of carbonyl (C=O) groups excluding carboxylic acids is 3. The molecule has 1 N–H and O–H groups in total. The van der Waals surface area contributed by atoms with Gasteiger partial charge in [0.15, 0.2) is 17.3 Å². The zero-order valence-corrected chi connectivity index (χ0v) is 55.3. The van der Waals surface area contributed by atoms with Gasteiger partial charge in [0.1, 0.15) is 12.2 Å². The van der Waals surface area contributed by atoms with Crippen molar-refractivity contribution in [2.75, 3.05) is 7.11 Å². The second kappa shape index (κ2) is 30.1. The molecule has 10 aromatic rings. The Bertz CT molecular complexity index is 4550. The van der Waals surface area contributed by atoms with Crippen LogP contribution in [0.3, 0.4) is 0 Å². The molecule has 0 spiro atoms. The van der Waals surface area contributed by atoms with Crippen molar-refractivity contribution >= 4 is 92.1 Å². The number of fused-ring (bicyclic) bond motifs is 10. The number of carbonyl (C=O) groups is 3. The van der Waals surface area contributed by atoms with Crippen molar-refractivity contribution in [3.8, 4) is 48.9 Å². The molecule has 0 saturated heterocycles. The second-order valence-corrected chi connectivity index (χ2v) is 27.0. The summed E-state index contributed by atoms with van der Waals surface area (Å²) in [5.74, 6) is 18.6. The molecule has 91 heavy (non-hydrogen) atoms. The third kappa shape index (κ3) is 13.9. The van der Waals surface area contributed by atoms with Crippen molar-refractivity contribution in [3.63, 3.8) is 0 Å². The normalized spacial score (nSPS) is 14.8. The number of methoxy groups -OCH3 is 1. The van der Waals surface area contributed by atoms with Crippen LogP contribution in [-0.4, -0.2) is 29.6 Å². The quantitative estimate of drug-likeness (QED) is 0.161. The molecule has 10 aromatic carbocycles. The second-order valence-electron chi connectivity index (χ2n) is 21.0. The number of hydrogen-bond donors (Lipinski definition) is 1. The average molecular weight is 1340 g/mol. The van der Waals surface area contributed by atoms with E-state index >= 15 is 0 Å². The van der Waals surface area contributed by atoms with Crippen LogP contribution in [0.2, 0.25) is 0 Å². The molecule has 0 saturated carbocycles. The van der Waals surface area contributed by atoms with Crippen LogP contribution >= 0.6 is 74.7 Å². The monoisotopic (exact) mass is 1340 g/mol. The predicted octanol–water partition coefficient (Wildman–Crippen LogP) is 19.0. The van der Waals surface area contributed by atoms with Gasteiger partial charge in [-0.3, -0.25) is 14.4 Å². The van der Waals surface area contributed by atoms with E-state index in [9.17, 15) is 19.5 Å². The highest BCUT2D eigenvalue weighted by Crippen LogP contribution is 2.44. The minimum absolute atomic E-state index is 0.0340. The fraction of sp³-hybridized carbons (Fsp3) is 0.113. The molecule has 5 aliphatic rings. The van der Waals surface area contributed by atoms with E-state index in [1.54, 1.807) is 54.2 Å². The number of ether oxygens (including phenoxy) is 1. The highest BCUT2D eigenvalue weighted by Gasteiger charge is 2.29. The maximum atomic E-state index is 12.6. The Morgan fingerprint density at radius 1 is 0.407 bits per heavy atom. The van der Waals surface area contributed by atoms with Crippen molar-refractivity contribution in [2.24, 2.45) is 0 Å². The average Bonchev–Trinajstić information content (AvgIpc) is 1.89. The smallest absolute Gasteiger partial charge is 0.195 e. The first-order valence-corrected chi connectivity index (χ1v) is 34.8. The summed E-state index contributed by atoms with van der Waals surface area (Å²) < 4.78 is 6.72. The molecule has 0 radical (unpaired) electrons.